The first-order valence-electron chi connectivity index (χ1n) is 5.67. The molecule has 4 heteroatoms. The van der Waals surface area contributed by atoms with E-state index in [1.807, 2.05) is 6.92 Å². The molecule has 1 N–H and O–H groups in total. The fourth-order valence-corrected chi connectivity index (χ4v) is 1.84. The Hall–Kier alpha value is -1.29. The van der Waals surface area contributed by atoms with E-state index >= 15 is 0 Å². The van der Waals surface area contributed by atoms with E-state index in [1.54, 1.807) is 12.1 Å². The highest BCUT2D eigenvalue weighted by atomic mass is 19.1. The molecule has 17 heavy (non-hydrogen) atoms. The number of rotatable bonds is 3. The minimum absolute atomic E-state index is 0.00797. The molecule has 1 aliphatic heterocycles. The van der Waals surface area contributed by atoms with Crippen LogP contribution >= 0.6 is 0 Å². The van der Waals surface area contributed by atoms with Gasteiger partial charge in [-0.2, -0.15) is 0 Å². The number of hydrogen-bond donors (Lipinski definition) is 1. The Balaban J connectivity index is 2.54. The van der Waals surface area contributed by atoms with Gasteiger partial charge in [0.2, 0.25) is 6.79 Å². The van der Waals surface area contributed by atoms with Gasteiger partial charge in [0.1, 0.15) is 5.67 Å². The first-order valence-corrected chi connectivity index (χ1v) is 5.67. The first-order chi connectivity index (χ1) is 7.93. The van der Waals surface area contributed by atoms with E-state index < -0.39 is 5.67 Å². The molecule has 1 heterocycles. The molecular formula is C13H17FO3. The third-order valence-electron chi connectivity index (χ3n) is 2.99. The number of fused-ring (bicyclic) bond motifs is 1. The quantitative estimate of drug-likeness (QED) is 0.882. The molecule has 0 saturated heterocycles. The van der Waals surface area contributed by atoms with Gasteiger partial charge in [-0.25, -0.2) is 4.39 Å². The van der Waals surface area contributed by atoms with E-state index in [9.17, 15) is 9.50 Å². The lowest BCUT2D eigenvalue weighted by atomic mass is 9.92. The van der Waals surface area contributed by atoms with Crippen LogP contribution in [0.4, 0.5) is 4.39 Å². The van der Waals surface area contributed by atoms with Crippen molar-refractivity contribution < 1.29 is 19.0 Å². The molecule has 0 bridgehead atoms. The number of halogens is 1. The first kappa shape index (κ1) is 12.2. The smallest absolute Gasteiger partial charge is 0.231 e. The van der Waals surface area contributed by atoms with E-state index in [1.165, 1.54) is 13.8 Å². The van der Waals surface area contributed by atoms with Crippen molar-refractivity contribution in [1.82, 2.24) is 0 Å². The van der Waals surface area contributed by atoms with E-state index in [4.69, 9.17) is 9.47 Å². The standard InChI is InChI=1S/C13H17FO3/c1-8(6-15)10-4-9(13(2,3)14)5-11-12(10)17-7-16-11/h4-5,8,15H,6-7H2,1-3H3. The number of aliphatic hydroxyl groups is 1. The summed E-state index contributed by atoms with van der Waals surface area (Å²) in [4.78, 5) is 0. The third-order valence-corrected chi connectivity index (χ3v) is 2.99. The monoisotopic (exact) mass is 240 g/mol. The summed E-state index contributed by atoms with van der Waals surface area (Å²) in [5, 5.41) is 9.22. The van der Waals surface area contributed by atoms with Gasteiger partial charge in [0, 0.05) is 18.1 Å². The maximum Gasteiger partial charge on any atom is 0.231 e. The number of alkyl halides is 1. The SMILES string of the molecule is CC(CO)c1cc(C(C)(C)F)cc2c1OCO2. The fourth-order valence-electron chi connectivity index (χ4n) is 1.84. The van der Waals surface area contributed by atoms with Crippen LogP contribution in [0.5, 0.6) is 11.5 Å². The Labute approximate surface area is 100 Å². The van der Waals surface area contributed by atoms with Crippen molar-refractivity contribution in [3.05, 3.63) is 23.3 Å². The third kappa shape index (κ3) is 2.22. The summed E-state index contributed by atoms with van der Waals surface area (Å²) in [7, 11) is 0. The number of aliphatic hydroxyl groups excluding tert-OH is 1. The van der Waals surface area contributed by atoms with Crippen LogP contribution in [0.1, 0.15) is 37.8 Å². The molecule has 0 amide bonds. The maximum absolute atomic E-state index is 14.0. The molecule has 0 radical (unpaired) electrons. The fraction of sp³-hybridized carbons (Fsp3) is 0.538. The van der Waals surface area contributed by atoms with Crippen LogP contribution in [0.3, 0.4) is 0 Å². The van der Waals surface area contributed by atoms with Crippen LogP contribution in [-0.2, 0) is 5.67 Å². The van der Waals surface area contributed by atoms with Crippen molar-refractivity contribution in [3.63, 3.8) is 0 Å². The van der Waals surface area contributed by atoms with E-state index in [0.717, 1.165) is 5.56 Å². The molecule has 0 fully saturated rings. The van der Waals surface area contributed by atoms with E-state index in [2.05, 4.69) is 0 Å². The number of ether oxygens (including phenoxy) is 2. The maximum atomic E-state index is 14.0. The topological polar surface area (TPSA) is 38.7 Å². The van der Waals surface area contributed by atoms with Crippen LogP contribution in [-0.4, -0.2) is 18.5 Å². The largest absolute Gasteiger partial charge is 0.454 e. The van der Waals surface area contributed by atoms with Crippen LogP contribution in [0.15, 0.2) is 12.1 Å². The van der Waals surface area contributed by atoms with Crippen molar-refractivity contribution in [1.29, 1.82) is 0 Å². The highest BCUT2D eigenvalue weighted by Crippen LogP contribution is 2.43. The Kier molecular flexibility index (Phi) is 3.00. The molecule has 0 saturated carbocycles. The Morgan fingerprint density at radius 2 is 2.12 bits per heavy atom. The Morgan fingerprint density at radius 1 is 1.41 bits per heavy atom. The second-order valence-corrected chi connectivity index (χ2v) is 4.86. The van der Waals surface area contributed by atoms with Gasteiger partial charge in [-0.15, -0.1) is 0 Å². The highest BCUT2D eigenvalue weighted by molar-refractivity contribution is 5.53. The van der Waals surface area contributed by atoms with Crippen LogP contribution < -0.4 is 9.47 Å². The average Bonchev–Trinajstić information content (AvgIpc) is 2.73. The molecule has 1 aromatic carbocycles. The van der Waals surface area contributed by atoms with Gasteiger partial charge in [-0.05, 0) is 31.5 Å². The Bertz CT molecular complexity index is 423. The number of hydrogen-bond acceptors (Lipinski definition) is 3. The van der Waals surface area contributed by atoms with E-state index in [0.29, 0.717) is 17.1 Å². The lowest BCUT2D eigenvalue weighted by Crippen LogP contribution is -2.11. The van der Waals surface area contributed by atoms with Gasteiger partial charge in [-0.1, -0.05) is 6.92 Å². The molecule has 0 aliphatic carbocycles. The summed E-state index contributed by atoms with van der Waals surface area (Å²) in [6, 6.07) is 3.41. The van der Waals surface area contributed by atoms with Gasteiger partial charge < -0.3 is 14.6 Å². The lowest BCUT2D eigenvalue weighted by Gasteiger charge is -2.19. The summed E-state index contributed by atoms with van der Waals surface area (Å²) >= 11 is 0. The zero-order chi connectivity index (χ0) is 12.6. The summed E-state index contributed by atoms with van der Waals surface area (Å²) in [5.74, 6) is 1.08. The summed E-state index contributed by atoms with van der Waals surface area (Å²) in [5.41, 5.74) is -0.106. The number of benzene rings is 1. The van der Waals surface area contributed by atoms with Crippen molar-refractivity contribution in [2.75, 3.05) is 13.4 Å². The zero-order valence-corrected chi connectivity index (χ0v) is 10.3. The minimum atomic E-state index is -1.44. The normalized spacial score (nSPS) is 16.1. The van der Waals surface area contributed by atoms with Gasteiger partial charge in [0.05, 0.1) is 0 Å². The molecule has 2 rings (SSSR count). The summed E-state index contributed by atoms with van der Waals surface area (Å²) in [6.45, 7) is 5.00. The lowest BCUT2D eigenvalue weighted by molar-refractivity contribution is 0.172. The summed E-state index contributed by atoms with van der Waals surface area (Å²) in [6.07, 6.45) is 0. The zero-order valence-electron chi connectivity index (χ0n) is 10.3. The van der Waals surface area contributed by atoms with Crippen LogP contribution in [0.25, 0.3) is 0 Å². The molecule has 1 unspecified atom stereocenters. The van der Waals surface area contributed by atoms with Crippen molar-refractivity contribution in [2.24, 2.45) is 0 Å². The van der Waals surface area contributed by atoms with Gasteiger partial charge >= 0.3 is 0 Å². The molecule has 3 nitrogen and oxygen atoms in total. The van der Waals surface area contributed by atoms with Crippen LogP contribution in [0, 0.1) is 0 Å². The molecular weight excluding hydrogens is 223 g/mol. The minimum Gasteiger partial charge on any atom is -0.454 e. The molecule has 1 atom stereocenters. The van der Waals surface area contributed by atoms with Crippen molar-refractivity contribution >= 4 is 0 Å². The molecule has 0 spiro atoms. The highest BCUT2D eigenvalue weighted by Gasteiger charge is 2.27. The van der Waals surface area contributed by atoms with E-state index in [-0.39, 0.29) is 19.3 Å². The second kappa shape index (κ2) is 4.18. The molecule has 1 aromatic rings. The second-order valence-electron chi connectivity index (χ2n) is 4.86. The molecule has 1 aliphatic rings. The molecule has 0 aromatic heterocycles. The van der Waals surface area contributed by atoms with Crippen molar-refractivity contribution in [2.45, 2.75) is 32.4 Å². The van der Waals surface area contributed by atoms with Gasteiger partial charge in [0.15, 0.2) is 11.5 Å². The predicted octanol–water partition coefficient (Wildman–Crippen LogP) is 2.72. The Morgan fingerprint density at radius 3 is 2.71 bits per heavy atom. The molecule has 94 valence electrons. The van der Waals surface area contributed by atoms with Gasteiger partial charge in [0.25, 0.3) is 0 Å². The van der Waals surface area contributed by atoms with Crippen molar-refractivity contribution in [3.8, 4) is 11.5 Å². The predicted molar refractivity (Wildman–Crippen MR) is 62.2 cm³/mol. The summed E-state index contributed by atoms with van der Waals surface area (Å²) < 4.78 is 24.6. The average molecular weight is 240 g/mol. The van der Waals surface area contributed by atoms with Crippen LogP contribution in [0.2, 0.25) is 0 Å². The van der Waals surface area contributed by atoms with Gasteiger partial charge in [-0.3, -0.25) is 0 Å².